The Morgan fingerprint density at radius 2 is 2.04 bits per heavy atom. The van der Waals surface area contributed by atoms with Crippen LogP contribution < -0.4 is 5.56 Å². The molecule has 0 radical (unpaired) electrons. The third-order valence-electron chi connectivity index (χ3n) is 5.98. The van der Waals surface area contributed by atoms with E-state index in [0.29, 0.717) is 18.7 Å². The van der Waals surface area contributed by atoms with Crippen LogP contribution in [-0.2, 0) is 32.2 Å². The molecular weight excluding hydrogens is 358 g/mol. The van der Waals surface area contributed by atoms with E-state index in [9.17, 15) is 14.7 Å². The van der Waals surface area contributed by atoms with Crippen LogP contribution in [0.25, 0.3) is 0 Å². The molecule has 8 heteroatoms. The first-order valence-electron chi connectivity index (χ1n) is 10.1. The third kappa shape index (κ3) is 3.37. The quantitative estimate of drug-likeness (QED) is 0.823. The molecule has 0 amide bonds. The minimum absolute atomic E-state index is 0.0238. The predicted molar refractivity (Wildman–Crippen MR) is 104 cm³/mol. The fourth-order valence-corrected chi connectivity index (χ4v) is 4.66. The Labute approximate surface area is 163 Å². The van der Waals surface area contributed by atoms with Gasteiger partial charge in [0.2, 0.25) is 0 Å². The SMILES string of the molecule is CCCn1nc(C(=O)O)c2c1CCC(N1CCc3nc(C)[nH]c(=O)c3CC1)C2. The maximum atomic E-state index is 12.3. The Kier molecular flexibility index (Phi) is 5.05. The standard InChI is InChI=1S/C20H27N5O3/c1-3-8-25-17-5-4-13(11-15(17)18(23-25)20(27)28)24-9-6-14-16(7-10-24)21-12(2)22-19(14)26/h13H,3-11H2,1-2H3,(H,27,28)(H,21,22,26). The summed E-state index contributed by atoms with van der Waals surface area (Å²) >= 11 is 0. The maximum Gasteiger partial charge on any atom is 0.356 e. The molecular formula is C20H27N5O3. The molecule has 2 aromatic heterocycles. The first-order valence-corrected chi connectivity index (χ1v) is 10.1. The molecule has 2 aliphatic rings. The van der Waals surface area contributed by atoms with E-state index >= 15 is 0 Å². The molecule has 1 aliphatic carbocycles. The average molecular weight is 385 g/mol. The lowest BCUT2D eigenvalue weighted by Gasteiger charge is -2.33. The van der Waals surface area contributed by atoms with Crippen LogP contribution in [0.15, 0.2) is 4.79 Å². The third-order valence-corrected chi connectivity index (χ3v) is 5.98. The van der Waals surface area contributed by atoms with Crippen molar-refractivity contribution in [3.05, 3.63) is 44.4 Å². The van der Waals surface area contributed by atoms with Gasteiger partial charge in [-0.05, 0) is 39.0 Å². The zero-order valence-electron chi connectivity index (χ0n) is 16.5. The fourth-order valence-electron chi connectivity index (χ4n) is 4.66. The van der Waals surface area contributed by atoms with Crippen molar-refractivity contribution in [3.63, 3.8) is 0 Å². The molecule has 0 aromatic carbocycles. The molecule has 0 bridgehead atoms. The summed E-state index contributed by atoms with van der Waals surface area (Å²) in [7, 11) is 0. The van der Waals surface area contributed by atoms with Crippen LogP contribution in [-0.4, -0.2) is 54.9 Å². The van der Waals surface area contributed by atoms with E-state index in [-0.39, 0.29) is 17.3 Å². The fraction of sp³-hybridized carbons (Fsp3) is 0.600. The Morgan fingerprint density at radius 3 is 2.79 bits per heavy atom. The summed E-state index contributed by atoms with van der Waals surface area (Å²) in [5.41, 5.74) is 3.87. The number of rotatable bonds is 4. The molecule has 150 valence electrons. The number of aromatic carboxylic acids is 1. The molecule has 0 saturated heterocycles. The largest absolute Gasteiger partial charge is 0.476 e. The summed E-state index contributed by atoms with van der Waals surface area (Å²) in [5.74, 6) is -0.282. The van der Waals surface area contributed by atoms with Crippen LogP contribution in [0.4, 0.5) is 0 Å². The number of carboxylic acids is 1. The second-order valence-corrected chi connectivity index (χ2v) is 7.81. The number of nitrogens with one attached hydrogen (secondary N) is 1. The van der Waals surface area contributed by atoms with E-state index in [1.807, 2.05) is 11.6 Å². The highest BCUT2D eigenvalue weighted by molar-refractivity contribution is 5.87. The van der Waals surface area contributed by atoms with Crippen LogP contribution in [0.2, 0.25) is 0 Å². The normalized spacial score (nSPS) is 19.7. The van der Waals surface area contributed by atoms with Gasteiger partial charge in [0.05, 0.1) is 5.69 Å². The van der Waals surface area contributed by atoms with E-state index in [4.69, 9.17) is 0 Å². The molecule has 8 nitrogen and oxygen atoms in total. The number of aryl methyl sites for hydroxylation is 2. The topological polar surface area (TPSA) is 104 Å². The minimum Gasteiger partial charge on any atom is -0.476 e. The second-order valence-electron chi connectivity index (χ2n) is 7.81. The molecule has 1 atom stereocenters. The van der Waals surface area contributed by atoms with Gasteiger partial charge in [0.15, 0.2) is 5.69 Å². The highest BCUT2D eigenvalue weighted by atomic mass is 16.4. The molecule has 0 fully saturated rings. The Morgan fingerprint density at radius 1 is 1.25 bits per heavy atom. The van der Waals surface area contributed by atoms with Crippen molar-refractivity contribution in [1.29, 1.82) is 0 Å². The molecule has 2 N–H and O–H groups in total. The smallest absolute Gasteiger partial charge is 0.356 e. The highest BCUT2D eigenvalue weighted by Gasteiger charge is 2.32. The van der Waals surface area contributed by atoms with Crippen molar-refractivity contribution in [1.82, 2.24) is 24.6 Å². The van der Waals surface area contributed by atoms with Crippen LogP contribution in [0.1, 0.15) is 58.6 Å². The van der Waals surface area contributed by atoms with Gasteiger partial charge in [-0.3, -0.25) is 14.4 Å². The monoisotopic (exact) mass is 385 g/mol. The summed E-state index contributed by atoms with van der Waals surface area (Å²) in [6.07, 6.45) is 4.91. The summed E-state index contributed by atoms with van der Waals surface area (Å²) in [6.45, 7) is 6.29. The summed E-state index contributed by atoms with van der Waals surface area (Å²) in [6, 6.07) is 0.277. The molecule has 1 aliphatic heterocycles. The van der Waals surface area contributed by atoms with Gasteiger partial charge in [-0.2, -0.15) is 5.10 Å². The predicted octanol–water partition coefficient (Wildman–Crippen LogP) is 1.34. The summed E-state index contributed by atoms with van der Waals surface area (Å²) in [4.78, 5) is 33.7. The van der Waals surface area contributed by atoms with Gasteiger partial charge in [-0.15, -0.1) is 0 Å². The van der Waals surface area contributed by atoms with E-state index in [1.165, 1.54) is 0 Å². The number of H-pyrrole nitrogens is 1. The van der Waals surface area contributed by atoms with E-state index < -0.39 is 5.97 Å². The van der Waals surface area contributed by atoms with Gasteiger partial charge in [-0.25, -0.2) is 9.78 Å². The van der Waals surface area contributed by atoms with Gasteiger partial charge in [-0.1, -0.05) is 6.92 Å². The van der Waals surface area contributed by atoms with Crippen molar-refractivity contribution < 1.29 is 9.90 Å². The van der Waals surface area contributed by atoms with Crippen LogP contribution in [0, 0.1) is 6.92 Å². The molecule has 4 rings (SSSR count). The molecule has 0 spiro atoms. The number of hydrogen-bond donors (Lipinski definition) is 2. The van der Waals surface area contributed by atoms with Gasteiger partial charge in [0, 0.05) is 48.9 Å². The van der Waals surface area contributed by atoms with Gasteiger partial charge in [0.1, 0.15) is 5.82 Å². The van der Waals surface area contributed by atoms with Crippen molar-refractivity contribution in [2.24, 2.45) is 0 Å². The number of carbonyl (C=O) groups is 1. The van der Waals surface area contributed by atoms with Gasteiger partial charge >= 0.3 is 5.97 Å². The van der Waals surface area contributed by atoms with Crippen LogP contribution in [0.5, 0.6) is 0 Å². The minimum atomic E-state index is -0.943. The van der Waals surface area contributed by atoms with Gasteiger partial charge < -0.3 is 10.1 Å². The number of nitrogens with zero attached hydrogens (tertiary/aromatic N) is 4. The lowest BCUT2D eigenvalue weighted by Crippen LogP contribution is -2.41. The van der Waals surface area contributed by atoms with Crippen molar-refractivity contribution in [3.8, 4) is 0 Å². The number of aromatic nitrogens is 4. The van der Waals surface area contributed by atoms with E-state index in [0.717, 1.165) is 67.8 Å². The lowest BCUT2D eigenvalue weighted by molar-refractivity contribution is 0.0687. The zero-order valence-corrected chi connectivity index (χ0v) is 16.5. The molecule has 0 saturated carbocycles. The van der Waals surface area contributed by atoms with Crippen molar-refractivity contribution in [2.75, 3.05) is 13.1 Å². The first-order chi connectivity index (χ1) is 13.5. The van der Waals surface area contributed by atoms with Crippen LogP contribution >= 0.6 is 0 Å². The van der Waals surface area contributed by atoms with E-state index in [1.54, 1.807) is 0 Å². The Bertz CT molecular complexity index is 961. The van der Waals surface area contributed by atoms with Crippen molar-refractivity contribution >= 4 is 5.97 Å². The van der Waals surface area contributed by atoms with Crippen LogP contribution in [0.3, 0.4) is 0 Å². The summed E-state index contributed by atoms with van der Waals surface area (Å²) < 4.78 is 1.89. The molecule has 2 aromatic rings. The number of aromatic amines is 1. The lowest BCUT2D eigenvalue weighted by atomic mass is 9.90. The second kappa shape index (κ2) is 7.50. The first kappa shape index (κ1) is 18.9. The Balaban J connectivity index is 1.56. The average Bonchev–Trinajstić information content (AvgIpc) is 2.87. The maximum absolute atomic E-state index is 12.3. The summed E-state index contributed by atoms with van der Waals surface area (Å²) in [5, 5.41) is 14.0. The Hall–Kier alpha value is -2.48. The van der Waals surface area contributed by atoms with Gasteiger partial charge in [0.25, 0.3) is 5.56 Å². The zero-order chi connectivity index (χ0) is 19.8. The highest BCUT2D eigenvalue weighted by Crippen LogP contribution is 2.29. The molecule has 3 heterocycles. The number of fused-ring (bicyclic) bond motifs is 2. The number of carboxylic acid groups (broad SMARTS) is 1. The molecule has 1 unspecified atom stereocenters. The molecule has 28 heavy (non-hydrogen) atoms. The van der Waals surface area contributed by atoms with E-state index in [2.05, 4.69) is 26.9 Å². The van der Waals surface area contributed by atoms with Crippen molar-refractivity contribution in [2.45, 2.75) is 65.0 Å². The number of hydrogen-bond acceptors (Lipinski definition) is 5.